The molecule has 0 aromatic heterocycles. The van der Waals surface area contributed by atoms with Crippen molar-refractivity contribution in [2.75, 3.05) is 19.6 Å². The van der Waals surface area contributed by atoms with E-state index in [0.29, 0.717) is 25.2 Å². The predicted octanol–water partition coefficient (Wildman–Crippen LogP) is 2.64. The summed E-state index contributed by atoms with van der Waals surface area (Å²) in [7, 11) is 0. The van der Waals surface area contributed by atoms with Crippen LogP contribution >= 0.6 is 0 Å². The number of rotatable bonds is 20. The lowest BCUT2D eigenvalue weighted by molar-refractivity contribution is -0.141. The molecule has 1 saturated carbocycles. The molecule has 14 heteroatoms. The van der Waals surface area contributed by atoms with Gasteiger partial charge in [0, 0.05) is 25.3 Å². The molecule has 1 aliphatic rings. The number of hydrogen-bond acceptors (Lipinski definition) is 7. The summed E-state index contributed by atoms with van der Waals surface area (Å²) in [5, 5.41) is 43.2. The van der Waals surface area contributed by atoms with Gasteiger partial charge in [-0.15, -0.1) is 0 Å². The fourth-order valence-corrected chi connectivity index (χ4v) is 6.03. The molecular weight excluding hydrogens is 634 g/mol. The Hall–Kier alpha value is -4.72. The summed E-state index contributed by atoms with van der Waals surface area (Å²) >= 11 is 0. The van der Waals surface area contributed by atoms with Crippen molar-refractivity contribution in [2.45, 2.75) is 89.3 Å². The van der Waals surface area contributed by atoms with Crippen LogP contribution in [0.25, 0.3) is 10.8 Å². The smallest absolute Gasteiger partial charge is 0.326 e. The van der Waals surface area contributed by atoms with E-state index in [2.05, 4.69) is 33.5 Å². The summed E-state index contributed by atoms with van der Waals surface area (Å²) in [4.78, 5) is 72.9. The van der Waals surface area contributed by atoms with Gasteiger partial charge in [0.25, 0.3) is 0 Å². The number of carboxylic acids is 3. The second kappa shape index (κ2) is 19.9. The van der Waals surface area contributed by atoms with E-state index in [-0.39, 0.29) is 37.1 Å². The molecule has 3 rings (SSSR count). The molecule has 3 atom stereocenters. The first kappa shape index (κ1) is 38.7. The molecular formula is C35H49N5O9. The fraction of sp³-hybridized carbons (Fsp3) is 0.543. The molecule has 8 N–H and O–H groups in total. The van der Waals surface area contributed by atoms with Crippen molar-refractivity contribution in [3.63, 3.8) is 0 Å². The predicted molar refractivity (Wildman–Crippen MR) is 182 cm³/mol. The van der Waals surface area contributed by atoms with E-state index >= 15 is 0 Å². The van der Waals surface area contributed by atoms with Crippen LogP contribution < -0.4 is 26.6 Å². The zero-order valence-corrected chi connectivity index (χ0v) is 27.9. The number of unbranched alkanes of at least 4 members (excludes halogenated alkanes) is 1. The lowest BCUT2D eigenvalue weighted by Gasteiger charge is -2.29. The first-order valence-electron chi connectivity index (χ1n) is 17.0. The summed E-state index contributed by atoms with van der Waals surface area (Å²) in [6, 6.07) is 9.14. The van der Waals surface area contributed by atoms with Gasteiger partial charge in [-0.3, -0.25) is 14.4 Å². The first-order valence-corrected chi connectivity index (χ1v) is 17.0. The van der Waals surface area contributed by atoms with E-state index in [1.165, 1.54) is 0 Å². The van der Waals surface area contributed by atoms with E-state index in [9.17, 15) is 39.0 Å². The largest absolute Gasteiger partial charge is 0.481 e. The molecule has 14 nitrogen and oxygen atoms in total. The number of carboxylic acid groups (broad SMARTS) is 3. The Balaban J connectivity index is 1.54. The van der Waals surface area contributed by atoms with Gasteiger partial charge in [-0.05, 0) is 86.7 Å². The molecule has 0 radical (unpaired) electrons. The summed E-state index contributed by atoms with van der Waals surface area (Å²) < 4.78 is 0. The number of carbonyl (C=O) groups excluding carboxylic acids is 3. The van der Waals surface area contributed by atoms with E-state index in [4.69, 9.17) is 5.11 Å². The van der Waals surface area contributed by atoms with Crippen molar-refractivity contribution in [1.82, 2.24) is 26.6 Å². The van der Waals surface area contributed by atoms with Crippen molar-refractivity contribution in [2.24, 2.45) is 11.8 Å². The Bertz CT molecular complexity index is 1440. The second-order valence-electron chi connectivity index (χ2n) is 12.6. The number of hydrogen-bond donors (Lipinski definition) is 8. The molecule has 0 saturated heterocycles. The molecule has 0 aliphatic heterocycles. The summed E-state index contributed by atoms with van der Waals surface area (Å²) in [5.74, 6) is -4.11. The Morgan fingerprint density at radius 1 is 0.776 bits per heavy atom. The van der Waals surface area contributed by atoms with Gasteiger partial charge in [0.15, 0.2) is 0 Å². The highest BCUT2D eigenvalue weighted by Gasteiger charge is 2.30. The van der Waals surface area contributed by atoms with Crippen molar-refractivity contribution >= 4 is 46.5 Å². The zero-order valence-electron chi connectivity index (χ0n) is 27.9. The maximum atomic E-state index is 13.4. The summed E-state index contributed by atoms with van der Waals surface area (Å²) in [6.07, 6.45) is 3.55. The highest BCUT2D eigenvalue weighted by atomic mass is 16.4. The number of amides is 4. The van der Waals surface area contributed by atoms with Crippen molar-refractivity contribution in [3.8, 4) is 0 Å². The third kappa shape index (κ3) is 13.4. The maximum Gasteiger partial charge on any atom is 0.326 e. The maximum absolute atomic E-state index is 13.4. The number of benzene rings is 2. The average Bonchev–Trinajstić information content (AvgIpc) is 3.07. The minimum absolute atomic E-state index is 0.000802. The topological polar surface area (TPSA) is 223 Å². The summed E-state index contributed by atoms with van der Waals surface area (Å²) in [6.45, 7) is 4.12. The Labute approximate surface area is 285 Å². The van der Waals surface area contributed by atoms with Crippen molar-refractivity contribution < 1.29 is 44.1 Å². The van der Waals surface area contributed by atoms with Gasteiger partial charge in [0.05, 0.1) is 0 Å². The fourth-order valence-electron chi connectivity index (χ4n) is 6.03. The number of fused-ring (bicyclic) bond motifs is 1. The van der Waals surface area contributed by atoms with Crippen LogP contribution in [0.5, 0.6) is 0 Å². The van der Waals surface area contributed by atoms with Gasteiger partial charge in [-0.25, -0.2) is 14.4 Å². The van der Waals surface area contributed by atoms with Crippen LogP contribution in [0.1, 0.15) is 70.3 Å². The van der Waals surface area contributed by atoms with Gasteiger partial charge >= 0.3 is 23.9 Å². The molecule has 268 valence electrons. The van der Waals surface area contributed by atoms with Crippen LogP contribution in [0.4, 0.5) is 4.79 Å². The molecule has 1 unspecified atom stereocenters. The number of carbonyl (C=O) groups is 6. The molecule has 0 heterocycles. The first-order chi connectivity index (χ1) is 23.5. The molecule has 1 aliphatic carbocycles. The van der Waals surface area contributed by atoms with E-state index in [1.807, 2.05) is 42.5 Å². The molecule has 4 amide bonds. The second-order valence-corrected chi connectivity index (χ2v) is 12.6. The van der Waals surface area contributed by atoms with Crippen molar-refractivity contribution in [3.05, 3.63) is 48.0 Å². The highest BCUT2D eigenvalue weighted by molar-refractivity contribution is 5.89. The van der Waals surface area contributed by atoms with Gasteiger partial charge in [0.2, 0.25) is 11.8 Å². The standard InChI is InChI=1S/C35H49N5O9/c1-2-36-21-22-10-14-25(15-11-22)31(43)38-29(20-23-12-13-24-7-3-4-8-26(24)19-23)32(44)37-18-6-5-9-27(33(45)46)39-35(49)40-28(34(47)48)16-17-30(41)42/h3-4,7-8,12-13,19,22,25,27-29,36H,2,5-6,9-11,14-18,20-21H2,1H3,(H,37,44)(H,38,43)(H,41,42)(H,45,46)(H,47,48)(H2,39,40,49)/t22?,25?,27-,28-,29?/m0/s1. The highest BCUT2D eigenvalue weighted by Crippen LogP contribution is 2.29. The Morgan fingerprint density at radius 2 is 1.43 bits per heavy atom. The number of nitrogens with one attached hydrogen (secondary N) is 5. The molecule has 0 bridgehead atoms. The van der Waals surface area contributed by atoms with Crippen LogP contribution in [0.15, 0.2) is 42.5 Å². The van der Waals surface area contributed by atoms with E-state index in [0.717, 1.165) is 55.1 Å². The van der Waals surface area contributed by atoms with Crippen LogP contribution in [0.3, 0.4) is 0 Å². The molecule has 2 aromatic carbocycles. The molecule has 1 fully saturated rings. The van der Waals surface area contributed by atoms with Crippen LogP contribution in [-0.4, -0.2) is 88.8 Å². The quantitative estimate of drug-likeness (QED) is 0.0953. The van der Waals surface area contributed by atoms with Crippen molar-refractivity contribution in [1.29, 1.82) is 0 Å². The Kier molecular flexibility index (Phi) is 15.8. The van der Waals surface area contributed by atoms with Gasteiger partial charge in [-0.2, -0.15) is 0 Å². The van der Waals surface area contributed by atoms with E-state index < -0.39 is 48.5 Å². The average molecular weight is 684 g/mol. The normalized spacial score (nSPS) is 17.7. The molecule has 2 aromatic rings. The minimum Gasteiger partial charge on any atom is -0.481 e. The third-order valence-corrected chi connectivity index (χ3v) is 8.86. The van der Waals surface area contributed by atoms with Gasteiger partial charge < -0.3 is 41.9 Å². The van der Waals surface area contributed by atoms with Gasteiger partial charge in [0.1, 0.15) is 18.1 Å². The van der Waals surface area contributed by atoms with Crippen LogP contribution in [0, 0.1) is 11.8 Å². The third-order valence-electron chi connectivity index (χ3n) is 8.86. The lowest BCUT2D eigenvalue weighted by Crippen LogP contribution is -2.51. The minimum atomic E-state index is -1.50. The lowest BCUT2D eigenvalue weighted by atomic mass is 9.81. The van der Waals surface area contributed by atoms with Crippen LogP contribution in [0.2, 0.25) is 0 Å². The van der Waals surface area contributed by atoms with Crippen LogP contribution in [-0.2, 0) is 30.4 Å². The van der Waals surface area contributed by atoms with E-state index in [1.54, 1.807) is 0 Å². The monoisotopic (exact) mass is 683 g/mol. The summed E-state index contributed by atoms with van der Waals surface area (Å²) in [5.41, 5.74) is 0.898. The SMILES string of the molecule is CCNCC1CCC(C(=O)NC(Cc2ccc3ccccc3c2)C(=O)NCCCC[C@H](NC(=O)N[C@@H](CCC(=O)O)C(=O)O)C(=O)O)CC1. The zero-order chi connectivity index (χ0) is 35.8. The number of aliphatic carboxylic acids is 3. The Morgan fingerprint density at radius 3 is 2.06 bits per heavy atom. The number of urea groups is 1. The molecule has 0 spiro atoms. The van der Waals surface area contributed by atoms with Gasteiger partial charge in [-0.1, -0.05) is 49.4 Å². The molecule has 49 heavy (non-hydrogen) atoms.